The van der Waals surface area contributed by atoms with Crippen molar-refractivity contribution in [1.82, 2.24) is 5.32 Å². The van der Waals surface area contributed by atoms with Gasteiger partial charge in [-0.05, 0) is 50.6 Å². The van der Waals surface area contributed by atoms with Gasteiger partial charge in [-0.25, -0.2) is 0 Å². The lowest BCUT2D eigenvalue weighted by Gasteiger charge is -2.06. The van der Waals surface area contributed by atoms with Gasteiger partial charge in [-0.15, -0.1) is 6.58 Å². The Bertz CT molecular complexity index is 361. The minimum absolute atomic E-state index is 0.684. The largest absolute Gasteiger partial charge is 0.316 e. The Kier molecular flexibility index (Phi) is 5.89. The molecule has 1 aromatic carbocycles. The molecule has 0 aliphatic heterocycles. The standard InChI is InChI=1S/C13H17Cl2N/c1-10(2)5-7-16-8-6-11-3-4-12(14)9-13(11)15/h3-4,9,16H,1,5-8H2,2H3. The summed E-state index contributed by atoms with van der Waals surface area (Å²) in [6, 6.07) is 5.63. The number of hydrogen-bond donors (Lipinski definition) is 1. The first-order valence-electron chi connectivity index (χ1n) is 5.38. The monoisotopic (exact) mass is 257 g/mol. The SMILES string of the molecule is C=C(C)CCNCCc1ccc(Cl)cc1Cl. The maximum Gasteiger partial charge on any atom is 0.0453 e. The molecule has 0 fully saturated rings. The van der Waals surface area contributed by atoms with Crippen molar-refractivity contribution in [2.75, 3.05) is 13.1 Å². The van der Waals surface area contributed by atoms with E-state index in [1.807, 2.05) is 19.1 Å². The summed E-state index contributed by atoms with van der Waals surface area (Å²) in [4.78, 5) is 0. The minimum Gasteiger partial charge on any atom is -0.316 e. The van der Waals surface area contributed by atoms with Crippen molar-refractivity contribution in [2.24, 2.45) is 0 Å². The fourth-order valence-corrected chi connectivity index (χ4v) is 1.88. The lowest BCUT2D eigenvalue weighted by atomic mass is 10.1. The van der Waals surface area contributed by atoms with Crippen LogP contribution in [0, 0.1) is 0 Å². The van der Waals surface area contributed by atoms with Crippen molar-refractivity contribution >= 4 is 23.2 Å². The Morgan fingerprint density at radius 2 is 2.06 bits per heavy atom. The van der Waals surface area contributed by atoms with Gasteiger partial charge in [-0.2, -0.15) is 0 Å². The van der Waals surface area contributed by atoms with E-state index in [4.69, 9.17) is 23.2 Å². The predicted octanol–water partition coefficient (Wildman–Crippen LogP) is 4.09. The van der Waals surface area contributed by atoms with Crippen LogP contribution in [0.2, 0.25) is 10.0 Å². The molecule has 0 spiro atoms. The molecule has 1 rings (SSSR count). The third-order valence-corrected chi connectivity index (χ3v) is 2.90. The Labute approximate surface area is 107 Å². The van der Waals surface area contributed by atoms with Gasteiger partial charge in [0.05, 0.1) is 0 Å². The summed E-state index contributed by atoms with van der Waals surface area (Å²) in [5.74, 6) is 0. The minimum atomic E-state index is 0.684. The van der Waals surface area contributed by atoms with Crippen LogP contribution in [0.3, 0.4) is 0 Å². The number of nitrogens with one attached hydrogen (secondary N) is 1. The van der Waals surface area contributed by atoms with Crippen LogP contribution in [0.25, 0.3) is 0 Å². The zero-order chi connectivity index (χ0) is 12.0. The van der Waals surface area contributed by atoms with Gasteiger partial charge in [0.1, 0.15) is 0 Å². The topological polar surface area (TPSA) is 12.0 Å². The van der Waals surface area contributed by atoms with Crippen LogP contribution in [0.4, 0.5) is 0 Å². The van der Waals surface area contributed by atoms with Crippen LogP contribution in [-0.2, 0) is 6.42 Å². The van der Waals surface area contributed by atoms with E-state index in [1.54, 1.807) is 6.07 Å². The first-order chi connectivity index (χ1) is 7.59. The van der Waals surface area contributed by atoms with E-state index in [0.717, 1.165) is 36.5 Å². The van der Waals surface area contributed by atoms with E-state index in [1.165, 1.54) is 5.57 Å². The van der Waals surface area contributed by atoms with E-state index in [9.17, 15) is 0 Å². The van der Waals surface area contributed by atoms with Crippen LogP contribution in [-0.4, -0.2) is 13.1 Å². The van der Waals surface area contributed by atoms with Crippen LogP contribution < -0.4 is 5.32 Å². The summed E-state index contributed by atoms with van der Waals surface area (Å²) in [6.07, 6.45) is 1.94. The highest BCUT2D eigenvalue weighted by molar-refractivity contribution is 6.35. The second-order valence-electron chi connectivity index (χ2n) is 3.94. The van der Waals surface area contributed by atoms with Crippen LogP contribution in [0.1, 0.15) is 18.9 Å². The van der Waals surface area contributed by atoms with Crippen molar-refractivity contribution in [3.63, 3.8) is 0 Å². The molecule has 1 N–H and O–H groups in total. The van der Waals surface area contributed by atoms with E-state index in [2.05, 4.69) is 11.9 Å². The Morgan fingerprint density at radius 1 is 1.31 bits per heavy atom. The third kappa shape index (κ3) is 5.02. The molecule has 0 aromatic heterocycles. The van der Waals surface area contributed by atoms with Crippen molar-refractivity contribution in [3.8, 4) is 0 Å². The summed E-state index contributed by atoms with van der Waals surface area (Å²) in [5, 5.41) is 4.78. The normalized spacial score (nSPS) is 10.4. The lowest BCUT2D eigenvalue weighted by Crippen LogP contribution is -2.18. The maximum atomic E-state index is 6.07. The average Bonchev–Trinajstić information content (AvgIpc) is 2.20. The molecule has 1 nitrogen and oxygen atoms in total. The van der Waals surface area contributed by atoms with Gasteiger partial charge in [-0.3, -0.25) is 0 Å². The molecule has 0 bridgehead atoms. The third-order valence-electron chi connectivity index (χ3n) is 2.31. The van der Waals surface area contributed by atoms with Gasteiger partial charge in [0.2, 0.25) is 0 Å². The molecule has 16 heavy (non-hydrogen) atoms. The van der Waals surface area contributed by atoms with E-state index in [-0.39, 0.29) is 0 Å². The first-order valence-corrected chi connectivity index (χ1v) is 6.14. The number of hydrogen-bond acceptors (Lipinski definition) is 1. The van der Waals surface area contributed by atoms with E-state index < -0.39 is 0 Å². The van der Waals surface area contributed by atoms with Gasteiger partial charge in [0.25, 0.3) is 0 Å². The molecule has 0 saturated heterocycles. The Morgan fingerprint density at radius 3 is 2.69 bits per heavy atom. The van der Waals surface area contributed by atoms with Crippen LogP contribution in [0.15, 0.2) is 30.4 Å². The Hall–Kier alpha value is -0.500. The molecule has 1 aromatic rings. The second kappa shape index (κ2) is 6.95. The number of rotatable bonds is 6. The second-order valence-corrected chi connectivity index (χ2v) is 4.79. The molecule has 0 aliphatic carbocycles. The molecule has 0 saturated carbocycles. The fraction of sp³-hybridized carbons (Fsp3) is 0.385. The molecule has 3 heteroatoms. The lowest BCUT2D eigenvalue weighted by molar-refractivity contribution is 0.680. The Balaban J connectivity index is 2.29. The predicted molar refractivity (Wildman–Crippen MR) is 72.5 cm³/mol. The molecule has 0 aliphatic rings. The van der Waals surface area contributed by atoms with Crippen molar-refractivity contribution < 1.29 is 0 Å². The summed E-state index contributed by atoms with van der Waals surface area (Å²) in [5.41, 5.74) is 2.34. The fourth-order valence-electron chi connectivity index (χ4n) is 1.37. The molecule has 0 amide bonds. The van der Waals surface area contributed by atoms with Gasteiger partial charge in [0.15, 0.2) is 0 Å². The quantitative estimate of drug-likeness (QED) is 0.598. The first kappa shape index (κ1) is 13.6. The number of halogens is 2. The van der Waals surface area contributed by atoms with Gasteiger partial charge in [0, 0.05) is 10.0 Å². The highest BCUT2D eigenvalue weighted by atomic mass is 35.5. The van der Waals surface area contributed by atoms with E-state index in [0.29, 0.717) is 5.02 Å². The van der Waals surface area contributed by atoms with Gasteiger partial charge < -0.3 is 5.32 Å². The zero-order valence-corrected chi connectivity index (χ0v) is 11.0. The summed E-state index contributed by atoms with van der Waals surface area (Å²) in [6.45, 7) is 7.80. The molecular weight excluding hydrogens is 241 g/mol. The van der Waals surface area contributed by atoms with Crippen LogP contribution >= 0.6 is 23.2 Å². The van der Waals surface area contributed by atoms with E-state index >= 15 is 0 Å². The highest BCUT2D eigenvalue weighted by Gasteiger charge is 2.00. The molecule has 88 valence electrons. The summed E-state index contributed by atoms with van der Waals surface area (Å²) < 4.78 is 0. The zero-order valence-electron chi connectivity index (χ0n) is 9.52. The average molecular weight is 258 g/mol. The van der Waals surface area contributed by atoms with Crippen molar-refractivity contribution in [1.29, 1.82) is 0 Å². The van der Waals surface area contributed by atoms with Crippen molar-refractivity contribution in [2.45, 2.75) is 19.8 Å². The molecular formula is C13H17Cl2N. The molecule has 0 radical (unpaired) electrons. The number of benzene rings is 1. The van der Waals surface area contributed by atoms with Crippen LogP contribution in [0.5, 0.6) is 0 Å². The maximum absolute atomic E-state index is 6.07. The summed E-state index contributed by atoms with van der Waals surface area (Å²) in [7, 11) is 0. The molecule has 0 atom stereocenters. The molecule has 0 unspecified atom stereocenters. The smallest absolute Gasteiger partial charge is 0.0453 e. The van der Waals surface area contributed by atoms with Crippen molar-refractivity contribution in [3.05, 3.63) is 46.0 Å². The summed E-state index contributed by atoms with van der Waals surface area (Å²) >= 11 is 11.9. The van der Waals surface area contributed by atoms with Gasteiger partial charge in [-0.1, -0.05) is 34.8 Å². The van der Waals surface area contributed by atoms with Gasteiger partial charge >= 0.3 is 0 Å². The molecule has 0 heterocycles. The highest BCUT2D eigenvalue weighted by Crippen LogP contribution is 2.20.